The fourth-order valence-corrected chi connectivity index (χ4v) is 1.23. The van der Waals surface area contributed by atoms with Crippen molar-refractivity contribution in [2.24, 2.45) is 0 Å². The van der Waals surface area contributed by atoms with Crippen LogP contribution in [0.1, 0.15) is 26.5 Å². The van der Waals surface area contributed by atoms with Crippen LogP contribution in [-0.2, 0) is 16.0 Å². The third-order valence-electron chi connectivity index (χ3n) is 1.86. The largest absolute Gasteiger partial charge is 0.444 e. The van der Waals surface area contributed by atoms with Crippen molar-refractivity contribution in [3.8, 4) is 0 Å². The van der Waals surface area contributed by atoms with Crippen LogP contribution in [0.25, 0.3) is 0 Å². The molecule has 6 nitrogen and oxygen atoms in total. The van der Waals surface area contributed by atoms with E-state index < -0.39 is 17.7 Å². The molecule has 94 valence electrons. The molecule has 1 amide bonds. The Balaban J connectivity index is 2.47. The lowest BCUT2D eigenvalue weighted by atomic mass is 10.2. The molecule has 1 aromatic heterocycles. The summed E-state index contributed by atoms with van der Waals surface area (Å²) in [4.78, 5) is 29.0. The van der Waals surface area contributed by atoms with Gasteiger partial charge in [-0.2, -0.15) is 0 Å². The van der Waals surface area contributed by atoms with Gasteiger partial charge in [-0.15, -0.1) is 0 Å². The normalized spacial score (nSPS) is 12.9. The molecule has 0 aliphatic carbocycles. The zero-order valence-electron chi connectivity index (χ0n) is 10.2. The Labute approximate surface area is 99.8 Å². The monoisotopic (exact) mass is 239 g/mol. The number of carbonyl (C=O) groups is 2. The maximum atomic E-state index is 11.4. The summed E-state index contributed by atoms with van der Waals surface area (Å²) in [6.45, 7) is 5.28. The molecule has 0 bridgehead atoms. The van der Waals surface area contributed by atoms with E-state index in [4.69, 9.17) is 4.74 Å². The number of aromatic nitrogens is 2. The number of alkyl carbamates (subject to hydrolysis) is 1. The fraction of sp³-hybridized carbons (Fsp3) is 0.545. The lowest BCUT2D eigenvalue weighted by molar-refractivity contribution is -0.109. The first-order chi connectivity index (χ1) is 7.90. The number of aldehydes is 1. The second-order valence-electron chi connectivity index (χ2n) is 4.67. The van der Waals surface area contributed by atoms with Gasteiger partial charge in [-0.25, -0.2) is 9.78 Å². The van der Waals surface area contributed by atoms with Crippen molar-refractivity contribution in [1.29, 1.82) is 0 Å². The van der Waals surface area contributed by atoms with Crippen LogP contribution in [0.2, 0.25) is 0 Å². The predicted octanol–water partition coefficient (Wildman–Crippen LogP) is 1.04. The molecule has 0 saturated carbocycles. The number of imidazole rings is 1. The van der Waals surface area contributed by atoms with Crippen molar-refractivity contribution in [3.05, 3.63) is 18.2 Å². The first-order valence-electron chi connectivity index (χ1n) is 5.33. The number of amides is 1. The molecule has 17 heavy (non-hydrogen) atoms. The van der Waals surface area contributed by atoms with Crippen LogP contribution in [0.15, 0.2) is 12.5 Å². The van der Waals surface area contributed by atoms with Crippen molar-refractivity contribution in [2.75, 3.05) is 0 Å². The molecule has 0 aliphatic heterocycles. The summed E-state index contributed by atoms with van der Waals surface area (Å²) in [5.41, 5.74) is 0.198. The molecule has 0 unspecified atom stereocenters. The number of hydrogen-bond donors (Lipinski definition) is 2. The molecule has 1 aromatic rings. The number of hydrogen-bond acceptors (Lipinski definition) is 4. The molecular formula is C11H17N3O3. The summed E-state index contributed by atoms with van der Waals surface area (Å²) < 4.78 is 5.05. The average molecular weight is 239 g/mol. The topological polar surface area (TPSA) is 84.1 Å². The van der Waals surface area contributed by atoms with Crippen molar-refractivity contribution in [3.63, 3.8) is 0 Å². The van der Waals surface area contributed by atoms with Crippen LogP contribution in [0.5, 0.6) is 0 Å². The molecule has 0 aliphatic rings. The Kier molecular flexibility index (Phi) is 4.25. The molecule has 0 fully saturated rings. The molecule has 1 heterocycles. The summed E-state index contributed by atoms with van der Waals surface area (Å²) in [5, 5.41) is 2.48. The van der Waals surface area contributed by atoms with E-state index in [0.29, 0.717) is 12.7 Å². The summed E-state index contributed by atoms with van der Waals surface area (Å²) >= 11 is 0. The third-order valence-corrected chi connectivity index (χ3v) is 1.86. The first-order valence-corrected chi connectivity index (χ1v) is 5.33. The molecule has 0 radical (unpaired) electrons. The average Bonchev–Trinajstić information content (AvgIpc) is 2.66. The van der Waals surface area contributed by atoms with Crippen molar-refractivity contribution in [1.82, 2.24) is 15.3 Å². The Morgan fingerprint density at radius 3 is 2.82 bits per heavy atom. The van der Waals surface area contributed by atoms with Gasteiger partial charge in [0.05, 0.1) is 12.4 Å². The van der Waals surface area contributed by atoms with Crippen molar-refractivity contribution >= 4 is 12.4 Å². The SMILES string of the molecule is CC(C)(C)OC(=O)N[C@@H](C=O)Cc1cnc[nH]1. The smallest absolute Gasteiger partial charge is 0.408 e. The maximum absolute atomic E-state index is 11.4. The van der Waals surface area contributed by atoms with E-state index in [1.165, 1.54) is 6.33 Å². The van der Waals surface area contributed by atoms with Gasteiger partial charge in [-0.05, 0) is 20.8 Å². The highest BCUT2D eigenvalue weighted by Crippen LogP contribution is 2.07. The van der Waals surface area contributed by atoms with Gasteiger partial charge in [-0.1, -0.05) is 0 Å². The number of carbonyl (C=O) groups excluding carboxylic acids is 2. The Morgan fingerprint density at radius 2 is 2.35 bits per heavy atom. The van der Waals surface area contributed by atoms with E-state index in [9.17, 15) is 9.59 Å². The third kappa shape index (κ3) is 5.14. The molecule has 1 atom stereocenters. The van der Waals surface area contributed by atoms with Gasteiger partial charge in [0, 0.05) is 18.3 Å². The fourth-order valence-electron chi connectivity index (χ4n) is 1.23. The molecule has 2 N–H and O–H groups in total. The van der Waals surface area contributed by atoms with Gasteiger partial charge in [0.25, 0.3) is 0 Å². The lowest BCUT2D eigenvalue weighted by Gasteiger charge is -2.21. The number of ether oxygens (including phenoxy) is 1. The molecule has 1 rings (SSSR count). The van der Waals surface area contributed by atoms with Crippen LogP contribution >= 0.6 is 0 Å². The highest BCUT2D eigenvalue weighted by molar-refractivity contribution is 5.73. The highest BCUT2D eigenvalue weighted by atomic mass is 16.6. The minimum Gasteiger partial charge on any atom is -0.444 e. The van der Waals surface area contributed by atoms with E-state index >= 15 is 0 Å². The zero-order chi connectivity index (χ0) is 12.9. The van der Waals surface area contributed by atoms with Gasteiger partial charge in [-0.3, -0.25) is 0 Å². The molecule has 6 heteroatoms. The lowest BCUT2D eigenvalue weighted by Crippen LogP contribution is -2.41. The number of nitrogens with one attached hydrogen (secondary N) is 2. The number of rotatable bonds is 4. The molecule has 0 saturated heterocycles. The number of aromatic amines is 1. The van der Waals surface area contributed by atoms with Crippen LogP contribution in [0, 0.1) is 0 Å². The Bertz CT molecular complexity index is 368. The first kappa shape index (κ1) is 13.2. The van der Waals surface area contributed by atoms with Crippen LogP contribution in [0.4, 0.5) is 4.79 Å². The van der Waals surface area contributed by atoms with E-state index in [0.717, 1.165) is 5.69 Å². The van der Waals surface area contributed by atoms with E-state index in [1.807, 2.05) is 0 Å². The standard InChI is InChI=1S/C11H17N3O3/c1-11(2,3)17-10(16)14-9(6-15)4-8-5-12-7-13-8/h5-7,9H,4H2,1-3H3,(H,12,13)(H,14,16)/t9-/m1/s1. The van der Waals surface area contributed by atoms with Gasteiger partial charge >= 0.3 is 6.09 Å². The summed E-state index contributed by atoms with van der Waals surface area (Å²) in [7, 11) is 0. The van der Waals surface area contributed by atoms with Gasteiger partial charge in [0.1, 0.15) is 11.9 Å². The quantitative estimate of drug-likeness (QED) is 0.769. The van der Waals surface area contributed by atoms with Gasteiger partial charge in [0.2, 0.25) is 0 Å². The van der Waals surface area contributed by atoms with Crippen LogP contribution < -0.4 is 5.32 Å². The van der Waals surface area contributed by atoms with Crippen LogP contribution in [-0.4, -0.2) is 34.0 Å². The molecule has 0 spiro atoms. The second-order valence-corrected chi connectivity index (χ2v) is 4.67. The minimum atomic E-state index is -0.620. The zero-order valence-corrected chi connectivity index (χ0v) is 10.2. The summed E-state index contributed by atoms with van der Waals surface area (Å²) in [5.74, 6) is 0. The minimum absolute atomic E-state index is 0.364. The summed E-state index contributed by atoms with van der Waals surface area (Å²) in [6.07, 6.45) is 3.56. The number of H-pyrrole nitrogens is 1. The maximum Gasteiger partial charge on any atom is 0.408 e. The van der Waals surface area contributed by atoms with E-state index in [-0.39, 0.29) is 0 Å². The van der Waals surface area contributed by atoms with E-state index in [2.05, 4.69) is 15.3 Å². The number of nitrogens with zero attached hydrogens (tertiary/aromatic N) is 1. The predicted molar refractivity (Wildman–Crippen MR) is 61.5 cm³/mol. The molecule has 0 aromatic carbocycles. The van der Waals surface area contributed by atoms with Crippen LogP contribution in [0.3, 0.4) is 0 Å². The van der Waals surface area contributed by atoms with Gasteiger partial charge < -0.3 is 19.8 Å². The van der Waals surface area contributed by atoms with Crippen molar-refractivity contribution in [2.45, 2.75) is 38.8 Å². The highest BCUT2D eigenvalue weighted by Gasteiger charge is 2.19. The molecular weight excluding hydrogens is 222 g/mol. The van der Waals surface area contributed by atoms with Gasteiger partial charge in [0.15, 0.2) is 0 Å². The summed E-state index contributed by atoms with van der Waals surface area (Å²) in [6, 6.07) is -0.620. The Morgan fingerprint density at radius 1 is 1.65 bits per heavy atom. The van der Waals surface area contributed by atoms with E-state index in [1.54, 1.807) is 27.0 Å². The second kappa shape index (κ2) is 5.47. The Hall–Kier alpha value is -1.85. The van der Waals surface area contributed by atoms with Crippen molar-refractivity contribution < 1.29 is 14.3 Å².